The summed E-state index contributed by atoms with van der Waals surface area (Å²) >= 11 is 0. The summed E-state index contributed by atoms with van der Waals surface area (Å²) in [5.74, 6) is 4.78. The summed E-state index contributed by atoms with van der Waals surface area (Å²) in [6.45, 7) is 6.93. The van der Waals surface area contributed by atoms with Crippen molar-refractivity contribution in [3.05, 3.63) is 11.5 Å². The molecule has 0 aliphatic heterocycles. The smallest absolute Gasteiger partial charge is 0.127 e. The van der Waals surface area contributed by atoms with E-state index in [1.165, 1.54) is 0 Å². The van der Waals surface area contributed by atoms with Crippen LogP contribution in [0.15, 0.2) is 0 Å². The second-order valence-corrected chi connectivity index (χ2v) is 4.13. The molecule has 1 unspecified atom stereocenters. The number of aromatic nitrogens is 2. The number of aryl methyl sites for hydroxylation is 1. The van der Waals surface area contributed by atoms with E-state index in [-0.39, 0.29) is 0 Å². The maximum absolute atomic E-state index is 6.10. The number of anilines is 1. The molecule has 0 saturated carbocycles. The predicted molar refractivity (Wildman–Crippen MR) is 68.2 cm³/mol. The molecule has 0 fully saturated rings. The molecule has 1 atom stereocenters. The number of terminal acetylenes is 1. The van der Waals surface area contributed by atoms with Gasteiger partial charge >= 0.3 is 0 Å². The lowest BCUT2D eigenvalue weighted by atomic mass is 10.0. The lowest BCUT2D eigenvalue weighted by Crippen LogP contribution is -2.06. The largest absolute Gasteiger partial charge is 0.384 e. The fourth-order valence-corrected chi connectivity index (χ4v) is 2.00. The summed E-state index contributed by atoms with van der Waals surface area (Å²) in [4.78, 5) is 4.61. The van der Waals surface area contributed by atoms with E-state index >= 15 is 0 Å². The van der Waals surface area contributed by atoms with E-state index < -0.39 is 0 Å². The van der Waals surface area contributed by atoms with E-state index in [9.17, 15) is 0 Å². The molecule has 0 saturated heterocycles. The number of imidazole rings is 1. The van der Waals surface area contributed by atoms with Crippen molar-refractivity contribution in [1.82, 2.24) is 9.55 Å². The zero-order valence-corrected chi connectivity index (χ0v) is 10.5. The molecular weight excluding hydrogens is 198 g/mol. The normalized spacial score (nSPS) is 12.4. The van der Waals surface area contributed by atoms with Crippen LogP contribution in [0.4, 0.5) is 5.82 Å². The van der Waals surface area contributed by atoms with Crippen molar-refractivity contribution < 1.29 is 0 Å². The van der Waals surface area contributed by atoms with Gasteiger partial charge in [-0.1, -0.05) is 33.1 Å². The highest BCUT2D eigenvalue weighted by Gasteiger charge is 2.17. The van der Waals surface area contributed by atoms with E-state index in [4.69, 9.17) is 12.2 Å². The molecule has 0 aliphatic carbocycles. The lowest BCUT2D eigenvalue weighted by Gasteiger charge is -2.08. The minimum Gasteiger partial charge on any atom is -0.384 e. The first-order valence-corrected chi connectivity index (χ1v) is 5.93. The first kappa shape index (κ1) is 12.6. The third-order valence-electron chi connectivity index (χ3n) is 2.87. The van der Waals surface area contributed by atoms with Gasteiger partial charge in [0.25, 0.3) is 0 Å². The van der Waals surface area contributed by atoms with Gasteiger partial charge in [-0.3, -0.25) is 0 Å². The van der Waals surface area contributed by atoms with Gasteiger partial charge in [0.1, 0.15) is 11.6 Å². The quantitative estimate of drug-likeness (QED) is 0.773. The Morgan fingerprint density at radius 3 is 2.69 bits per heavy atom. The van der Waals surface area contributed by atoms with E-state index in [0.717, 1.165) is 36.6 Å². The van der Waals surface area contributed by atoms with E-state index in [1.807, 2.05) is 4.57 Å². The van der Waals surface area contributed by atoms with Gasteiger partial charge in [0.05, 0.1) is 12.2 Å². The van der Waals surface area contributed by atoms with Crippen molar-refractivity contribution in [2.45, 2.75) is 52.5 Å². The van der Waals surface area contributed by atoms with Crippen molar-refractivity contribution in [2.24, 2.45) is 0 Å². The number of hydrogen-bond acceptors (Lipinski definition) is 2. The molecule has 2 N–H and O–H groups in total. The van der Waals surface area contributed by atoms with E-state index in [2.05, 4.69) is 31.7 Å². The second-order valence-electron chi connectivity index (χ2n) is 4.13. The number of hydrogen-bond donors (Lipinski definition) is 1. The predicted octanol–water partition coefficient (Wildman–Crippen LogP) is 2.56. The monoisotopic (exact) mass is 219 g/mol. The molecule has 3 nitrogen and oxygen atoms in total. The fraction of sp³-hybridized carbons (Fsp3) is 0.615. The number of nitrogens with two attached hydrogens (primary N) is 1. The Kier molecular flexibility index (Phi) is 4.42. The van der Waals surface area contributed by atoms with Crippen molar-refractivity contribution in [3.8, 4) is 12.3 Å². The lowest BCUT2D eigenvalue weighted by molar-refractivity contribution is 0.650. The minimum absolute atomic E-state index is 0.411. The Labute approximate surface area is 98.1 Å². The first-order valence-electron chi connectivity index (χ1n) is 5.93. The Morgan fingerprint density at radius 2 is 2.19 bits per heavy atom. The van der Waals surface area contributed by atoms with Gasteiger partial charge in [0, 0.05) is 12.3 Å². The molecule has 0 spiro atoms. The molecule has 0 amide bonds. The highest BCUT2D eigenvalue weighted by atomic mass is 15.1. The summed E-state index contributed by atoms with van der Waals surface area (Å²) in [5.41, 5.74) is 7.11. The average Bonchev–Trinajstić information content (AvgIpc) is 2.57. The van der Waals surface area contributed by atoms with Crippen LogP contribution in [0.5, 0.6) is 0 Å². The van der Waals surface area contributed by atoms with Crippen LogP contribution >= 0.6 is 0 Å². The molecule has 3 heteroatoms. The second kappa shape index (κ2) is 5.60. The van der Waals surface area contributed by atoms with Crippen LogP contribution in [0.25, 0.3) is 0 Å². The zero-order valence-electron chi connectivity index (χ0n) is 10.5. The van der Waals surface area contributed by atoms with Crippen LogP contribution < -0.4 is 5.73 Å². The fourth-order valence-electron chi connectivity index (χ4n) is 2.00. The van der Waals surface area contributed by atoms with Gasteiger partial charge in [0.2, 0.25) is 0 Å². The third-order valence-corrected chi connectivity index (χ3v) is 2.87. The zero-order chi connectivity index (χ0) is 12.1. The van der Waals surface area contributed by atoms with E-state index in [0.29, 0.717) is 12.5 Å². The van der Waals surface area contributed by atoms with Crippen molar-refractivity contribution >= 4 is 5.82 Å². The van der Waals surface area contributed by atoms with Gasteiger partial charge in [-0.2, -0.15) is 0 Å². The highest BCUT2D eigenvalue weighted by Crippen LogP contribution is 2.26. The van der Waals surface area contributed by atoms with Gasteiger partial charge < -0.3 is 10.3 Å². The van der Waals surface area contributed by atoms with Crippen LogP contribution in [0, 0.1) is 12.3 Å². The summed E-state index contributed by atoms with van der Waals surface area (Å²) in [5, 5.41) is 0. The van der Waals surface area contributed by atoms with E-state index in [1.54, 1.807) is 0 Å². The van der Waals surface area contributed by atoms with Crippen LogP contribution in [0.2, 0.25) is 0 Å². The molecule has 1 rings (SSSR count). The SMILES string of the molecule is C#CCn1c(CC)nc(C(C)CCC)c1N. The number of nitrogens with zero attached hydrogens (tertiary/aromatic N) is 2. The summed E-state index contributed by atoms with van der Waals surface area (Å²) in [7, 11) is 0. The maximum Gasteiger partial charge on any atom is 0.127 e. The van der Waals surface area contributed by atoms with Crippen molar-refractivity contribution in [3.63, 3.8) is 0 Å². The van der Waals surface area contributed by atoms with Crippen LogP contribution in [0.3, 0.4) is 0 Å². The molecule has 16 heavy (non-hydrogen) atoms. The summed E-state index contributed by atoms with van der Waals surface area (Å²) in [6, 6.07) is 0. The molecule has 1 aromatic rings. The minimum atomic E-state index is 0.411. The topological polar surface area (TPSA) is 43.8 Å². The molecule has 0 aliphatic rings. The Hall–Kier alpha value is -1.43. The maximum atomic E-state index is 6.10. The third kappa shape index (κ3) is 2.38. The average molecular weight is 219 g/mol. The molecular formula is C13H21N3. The first-order chi connectivity index (χ1) is 7.65. The molecule has 1 aromatic heterocycles. The molecule has 88 valence electrons. The molecule has 0 aromatic carbocycles. The summed E-state index contributed by atoms with van der Waals surface area (Å²) < 4.78 is 1.95. The Bertz CT molecular complexity index is 385. The molecule has 0 radical (unpaired) electrons. The Morgan fingerprint density at radius 1 is 1.50 bits per heavy atom. The van der Waals surface area contributed by atoms with Crippen molar-refractivity contribution in [2.75, 3.05) is 5.73 Å². The van der Waals surface area contributed by atoms with Gasteiger partial charge in [0.15, 0.2) is 0 Å². The van der Waals surface area contributed by atoms with Crippen LogP contribution in [-0.4, -0.2) is 9.55 Å². The van der Waals surface area contributed by atoms with Crippen molar-refractivity contribution in [1.29, 1.82) is 0 Å². The van der Waals surface area contributed by atoms with Crippen LogP contribution in [-0.2, 0) is 13.0 Å². The van der Waals surface area contributed by atoms with Gasteiger partial charge in [-0.15, -0.1) is 6.42 Å². The summed E-state index contributed by atoms with van der Waals surface area (Å²) in [6.07, 6.45) is 8.46. The molecule has 1 heterocycles. The number of rotatable bonds is 5. The molecule has 0 bridgehead atoms. The van der Waals surface area contributed by atoms with Crippen LogP contribution in [0.1, 0.15) is 51.0 Å². The Balaban J connectivity index is 3.08. The van der Waals surface area contributed by atoms with Gasteiger partial charge in [-0.05, 0) is 6.42 Å². The number of nitrogen functional groups attached to an aromatic ring is 1. The standard InChI is InChI=1S/C13H21N3/c1-5-8-10(4)12-13(14)16(9-6-2)11(7-3)15-12/h2,10H,5,7-9,14H2,1,3-4H3. The van der Waals surface area contributed by atoms with Gasteiger partial charge in [-0.25, -0.2) is 4.98 Å². The highest BCUT2D eigenvalue weighted by molar-refractivity contribution is 5.41.